The zero-order valence-corrected chi connectivity index (χ0v) is 18.8. The lowest BCUT2D eigenvalue weighted by molar-refractivity contribution is -0.151. The van der Waals surface area contributed by atoms with E-state index in [1.165, 1.54) is 0 Å². The summed E-state index contributed by atoms with van der Waals surface area (Å²) in [6, 6.07) is 5.75. The number of hydrogen-bond acceptors (Lipinski definition) is 5. The molecular formula is C24H23ClN6O2. The van der Waals surface area contributed by atoms with Gasteiger partial charge in [0.2, 0.25) is 0 Å². The quantitative estimate of drug-likeness (QED) is 0.413. The lowest BCUT2D eigenvalue weighted by Crippen LogP contribution is -2.66. The molecule has 9 heteroatoms. The molecule has 8 nitrogen and oxygen atoms in total. The Morgan fingerprint density at radius 1 is 1.36 bits per heavy atom. The maximum Gasteiger partial charge on any atom is 0.308 e. The van der Waals surface area contributed by atoms with Gasteiger partial charge in [-0.3, -0.25) is 4.79 Å². The van der Waals surface area contributed by atoms with Crippen LogP contribution in [0.15, 0.2) is 36.8 Å². The highest BCUT2D eigenvalue weighted by atomic mass is 35.5. The topological polar surface area (TPSA) is 108 Å². The molecule has 4 heterocycles. The molecule has 0 spiro atoms. The van der Waals surface area contributed by atoms with Crippen LogP contribution in [0.25, 0.3) is 27.9 Å². The van der Waals surface area contributed by atoms with Gasteiger partial charge in [0.05, 0.1) is 16.5 Å². The fourth-order valence-corrected chi connectivity index (χ4v) is 7.32. The Bertz CT molecular complexity index is 1450. The second-order valence-electron chi connectivity index (χ2n) is 9.97. The first-order valence-electron chi connectivity index (χ1n) is 11.4. The molecule has 0 saturated heterocycles. The lowest BCUT2D eigenvalue weighted by atomic mass is 9.52. The van der Waals surface area contributed by atoms with Gasteiger partial charge in [-0.2, -0.15) is 0 Å². The highest BCUT2D eigenvalue weighted by Gasteiger charge is 2.71. The highest BCUT2D eigenvalue weighted by molar-refractivity contribution is 6.31. The zero-order valence-electron chi connectivity index (χ0n) is 18.0. The van der Waals surface area contributed by atoms with E-state index < -0.39 is 17.4 Å². The number of halogens is 1. The van der Waals surface area contributed by atoms with E-state index in [4.69, 9.17) is 21.7 Å². The second-order valence-corrected chi connectivity index (χ2v) is 10.4. The van der Waals surface area contributed by atoms with Gasteiger partial charge < -0.3 is 15.4 Å². The predicted molar refractivity (Wildman–Crippen MR) is 124 cm³/mol. The Balaban J connectivity index is 1.38. The third kappa shape index (κ3) is 2.47. The Labute approximate surface area is 194 Å². The minimum absolute atomic E-state index is 0.364. The summed E-state index contributed by atoms with van der Waals surface area (Å²) >= 11 is 6.20. The monoisotopic (exact) mass is 462 g/mol. The Morgan fingerprint density at radius 3 is 3.09 bits per heavy atom. The smallest absolute Gasteiger partial charge is 0.308 e. The maximum absolute atomic E-state index is 12.4. The number of fused-ring (bicyclic) bond motifs is 2. The van der Waals surface area contributed by atoms with Gasteiger partial charge in [-0.1, -0.05) is 18.5 Å². The van der Waals surface area contributed by atoms with Crippen LogP contribution in [0.1, 0.15) is 26.2 Å². The van der Waals surface area contributed by atoms with E-state index in [0.29, 0.717) is 52.4 Å². The summed E-state index contributed by atoms with van der Waals surface area (Å²) in [5, 5.41) is 20.0. The van der Waals surface area contributed by atoms with Gasteiger partial charge in [0.15, 0.2) is 11.6 Å². The summed E-state index contributed by atoms with van der Waals surface area (Å²) in [5.74, 6) is 1.86. The second kappa shape index (κ2) is 6.47. The van der Waals surface area contributed by atoms with E-state index in [-0.39, 0.29) is 0 Å². The number of aromatic nitrogens is 5. The highest BCUT2D eigenvalue weighted by Crippen LogP contribution is 2.69. The molecule has 4 aliphatic carbocycles. The van der Waals surface area contributed by atoms with Crippen LogP contribution in [-0.4, -0.2) is 41.2 Å². The molecular weight excluding hydrogens is 440 g/mol. The lowest BCUT2D eigenvalue weighted by Gasteiger charge is -2.57. The number of pyridine rings is 1. The minimum Gasteiger partial charge on any atom is -0.481 e. The minimum atomic E-state index is -0.706. The van der Waals surface area contributed by atoms with Crippen molar-refractivity contribution in [2.75, 3.05) is 5.32 Å². The number of carboxylic acid groups (broad SMARTS) is 1. The van der Waals surface area contributed by atoms with Gasteiger partial charge in [0.25, 0.3) is 0 Å². The largest absolute Gasteiger partial charge is 0.481 e. The molecule has 0 radical (unpaired) electrons. The molecule has 4 saturated carbocycles. The van der Waals surface area contributed by atoms with Crippen LogP contribution in [0, 0.1) is 29.6 Å². The van der Waals surface area contributed by atoms with E-state index in [2.05, 4.69) is 22.2 Å². The maximum atomic E-state index is 12.4. The molecule has 4 aliphatic rings. The van der Waals surface area contributed by atoms with Gasteiger partial charge in [-0.05, 0) is 61.1 Å². The van der Waals surface area contributed by atoms with Crippen LogP contribution in [0.3, 0.4) is 0 Å². The molecule has 3 N–H and O–H groups in total. The van der Waals surface area contributed by atoms with E-state index >= 15 is 0 Å². The van der Waals surface area contributed by atoms with Crippen LogP contribution in [-0.2, 0) is 4.79 Å². The molecule has 4 aromatic heterocycles. The standard InChI is InChI=1S/C24H23ClN6O2/c1-11-5-18(23(32)33)24(12-6-14(11)17(24)7-12)29-22-19-3-2-4-31(19)30-21(28-22)16-10-27-20-15(16)8-13(25)9-26-20/h2-4,8-12,14,17-18H,5-7H2,1H3,(H,26,27)(H,32,33)(H,28,29,30)/t11?,12?,14?,17?,18-,24+/m1/s1. The number of anilines is 1. The van der Waals surface area contributed by atoms with Crippen molar-refractivity contribution in [3.8, 4) is 11.4 Å². The van der Waals surface area contributed by atoms with Crippen LogP contribution in [0.5, 0.6) is 0 Å². The average Bonchev–Trinajstić information content (AvgIpc) is 3.55. The van der Waals surface area contributed by atoms with Crippen molar-refractivity contribution in [1.29, 1.82) is 0 Å². The van der Waals surface area contributed by atoms with Gasteiger partial charge in [-0.25, -0.2) is 14.5 Å². The number of carboxylic acids is 1. The van der Waals surface area contributed by atoms with E-state index in [1.807, 2.05) is 30.6 Å². The number of rotatable bonds is 4. The normalized spacial score (nSPS) is 32.2. The van der Waals surface area contributed by atoms with Crippen molar-refractivity contribution in [3.05, 3.63) is 41.8 Å². The number of nitrogens with zero attached hydrogens (tertiary/aromatic N) is 4. The number of nitrogens with one attached hydrogen (secondary N) is 2. The van der Waals surface area contributed by atoms with Crippen molar-refractivity contribution in [3.63, 3.8) is 0 Å². The van der Waals surface area contributed by atoms with Crippen molar-refractivity contribution >= 4 is 39.9 Å². The Hall–Kier alpha value is -3.13. The fourth-order valence-electron chi connectivity index (χ4n) is 7.16. The van der Waals surface area contributed by atoms with Crippen LogP contribution >= 0.6 is 11.6 Å². The van der Waals surface area contributed by atoms with Gasteiger partial charge in [0.1, 0.15) is 11.2 Å². The molecule has 0 amide bonds. The molecule has 168 valence electrons. The molecule has 4 fully saturated rings. The third-order valence-corrected chi connectivity index (χ3v) is 8.79. The van der Waals surface area contributed by atoms with Crippen LogP contribution < -0.4 is 5.32 Å². The Kier molecular flexibility index (Phi) is 3.79. The van der Waals surface area contributed by atoms with E-state index in [0.717, 1.165) is 29.3 Å². The van der Waals surface area contributed by atoms with Crippen LogP contribution in [0.2, 0.25) is 5.02 Å². The van der Waals surface area contributed by atoms with Crippen LogP contribution in [0.4, 0.5) is 5.82 Å². The molecule has 0 aromatic carbocycles. The molecule has 4 bridgehead atoms. The summed E-state index contributed by atoms with van der Waals surface area (Å²) < 4.78 is 1.80. The van der Waals surface area contributed by atoms with Gasteiger partial charge >= 0.3 is 5.97 Å². The summed E-state index contributed by atoms with van der Waals surface area (Å²) in [5.41, 5.74) is 1.92. The number of aromatic amines is 1. The number of carbonyl (C=O) groups is 1. The van der Waals surface area contributed by atoms with Crippen molar-refractivity contribution in [2.24, 2.45) is 29.6 Å². The first-order chi connectivity index (χ1) is 16.0. The van der Waals surface area contributed by atoms with E-state index in [1.54, 1.807) is 10.7 Å². The van der Waals surface area contributed by atoms with E-state index in [9.17, 15) is 9.90 Å². The number of H-pyrrole nitrogens is 1. The van der Waals surface area contributed by atoms with Gasteiger partial charge in [-0.15, -0.1) is 5.10 Å². The van der Waals surface area contributed by atoms with Gasteiger partial charge in [0, 0.05) is 29.5 Å². The van der Waals surface area contributed by atoms with Crippen molar-refractivity contribution in [2.45, 2.75) is 31.7 Å². The molecule has 8 rings (SSSR count). The predicted octanol–water partition coefficient (Wildman–Crippen LogP) is 4.47. The molecule has 4 unspecified atom stereocenters. The van der Waals surface area contributed by atoms with Crippen molar-refractivity contribution in [1.82, 2.24) is 24.6 Å². The average molecular weight is 463 g/mol. The third-order valence-electron chi connectivity index (χ3n) is 8.58. The molecule has 6 atom stereocenters. The molecule has 0 aliphatic heterocycles. The number of aliphatic carboxylic acids is 1. The summed E-state index contributed by atoms with van der Waals surface area (Å²) in [7, 11) is 0. The molecule has 4 aromatic rings. The summed E-state index contributed by atoms with van der Waals surface area (Å²) in [6.07, 6.45) is 8.25. The SMILES string of the molecule is CC1C[C@H](C(=O)O)[C@]2(Nc3nc(-c4c[nH]c5ncc(Cl)cc45)nn4cccc34)C3CC1C2C3. The fraction of sp³-hybridized carbons (Fsp3) is 0.417. The Morgan fingerprint density at radius 2 is 2.24 bits per heavy atom. The summed E-state index contributed by atoms with van der Waals surface area (Å²) in [4.78, 5) is 24.8. The summed E-state index contributed by atoms with van der Waals surface area (Å²) in [6.45, 7) is 2.22. The zero-order chi connectivity index (χ0) is 22.5. The molecule has 33 heavy (non-hydrogen) atoms. The first-order valence-corrected chi connectivity index (χ1v) is 11.8. The number of hydrogen-bond donors (Lipinski definition) is 3. The van der Waals surface area contributed by atoms with Crippen molar-refractivity contribution < 1.29 is 9.90 Å². The first kappa shape index (κ1) is 19.3.